The molecule has 14 heavy (non-hydrogen) atoms. The predicted molar refractivity (Wildman–Crippen MR) is 50.5 cm³/mol. The maximum atomic E-state index is 10.8. The topological polar surface area (TPSA) is 58.6 Å². The van der Waals surface area contributed by atoms with Crippen molar-refractivity contribution in [3.63, 3.8) is 0 Å². The smallest absolute Gasteiger partial charge is 0.184 e. The minimum absolute atomic E-state index is 0.00789. The average Bonchev–Trinajstić information content (AvgIpc) is 2.13. The number of methoxy groups -OCH3 is 2. The van der Waals surface area contributed by atoms with Gasteiger partial charge in [0.15, 0.2) is 6.29 Å². The molecule has 0 aliphatic carbocycles. The molecule has 0 heterocycles. The van der Waals surface area contributed by atoms with E-state index in [1.54, 1.807) is 0 Å². The number of carboxylic acids is 1. The van der Waals surface area contributed by atoms with Crippen LogP contribution >= 0.6 is 0 Å². The van der Waals surface area contributed by atoms with E-state index >= 15 is 0 Å². The molecule has 0 bridgehead atoms. The molecule has 0 spiro atoms. The number of carbonyl (C=O) groups is 1. The van der Waals surface area contributed by atoms with Gasteiger partial charge in [0, 0.05) is 19.8 Å². The summed E-state index contributed by atoms with van der Waals surface area (Å²) in [6, 6.07) is 0. The summed E-state index contributed by atoms with van der Waals surface area (Å²) in [5.74, 6) is -1.28. The Morgan fingerprint density at radius 3 is 2.21 bits per heavy atom. The molecule has 0 unspecified atom stereocenters. The van der Waals surface area contributed by atoms with E-state index in [1.807, 2.05) is 6.92 Å². The summed E-state index contributed by atoms with van der Waals surface area (Å²) in [5, 5.41) is 11.4. The molecule has 0 amide bonds. The summed E-state index contributed by atoms with van der Waals surface area (Å²) in [5.41, 5.74) is 0.00789. The van der Waals surface area contributed by atoms with Crippen LogP contribution in [-0.2, 0) is 14.3 Å². The first-order chi connectivity index (χ1) is 6.58. The van der Waals surface area contributed by atoms with E-state index in [0.29, 0.717) is 11.6 Å². The third kappa shape index (κ3) is 3.61. The van der Waals surface area contributed by atoms with Gasteiger partial charge in [-0.3, -0.25) is 0 Å². The first-order valence-corrected chi connectivity index (χ1v) is 4.80. The third-order valence-corrected chi connectivity index (χ3v) is 2.23. The Bertz CT molecular complexity index is 221. The fourth-order valence-electron chi connectivity index (χ4n) is 1.08. The van der Waals surface area contributed by atoms with Crippen LogP contribution < -0.4 is 5.11 Å². The van der Waals surface area contributed by atoms with Crippen LogP contribution in [0.3, 0.4) is 0 Å². The number of hydrogen-bond donors (Lipinski definition) is 0. The molecule has 0 saturated carbocycles. The second-order valence-corrected chi connectivity index (χ2v) is 3.34. The van der Waals surface area contributed by atoms with Crippen LogP contribution in [0.4, 0.5) is 0 Å². The van der Waals surface area contributed by atoms with Crippen molar-refractivity contribution in [3.05, 3.63) is 10.8 Å². The van der Waals surface area contributed by atoms with Crippen LogP contribution in [0.25, 0.3) is 0 Å². The van der Waals surface area contributed by atoms with E-state index in [9.17, 15) is 9.90 Å². The lowest BCUT2D eigenvalue weighted by Gasteiger charge is -2.20. The Balaban J connectivity index is 4.90. The van der Waals surface area contributed by atoms with Gasteiger partial charge >= 0.3 is 0 Å². The Morgan fingerprint density at radius 1 is 1.43 bits per heavy atom. The lowest BCUT2D eigenvalue weighted by molar-refractivity contribution is -0.302. The predicted octanol–water partition coefficient (Wildman–Crippen LogP) is -0.422. The van der Waals surface area contributed by atoms with E-state index in [-0.39, 0.29) is 5.57 Å². The van der Waals surface area contributed by atoms with Crippen LogP contribution in [-0.4, -0.2) is 36.7 Å². The van der Waals surface area contributed by atoms with Gasteiger partial charge in [0.2, 0.25) is 0 Å². The number of ether oxygens (including phenoxy) is 2. The van der Waals surface area contributed by atoms with E-state index in [4.69, 9.17) is 9.47 Å². The fourth-order valence-corrected chi connectivity index (χ4v) is 1.55. The van der Waals surface area contributed by atoms with Crippen LogP contribution in [0, 0.1) is 0 Å². The SMILES string of the molecule is CCC/C([Si])=C(/C(=O)[O-])C(OC)OC. The van der Waals surface area contributed by atoms with Gasteiger partial charge in [-0.25, -0.2) is 0 Å². The zero-order valence-corrected chi connectivity index (χ0v) is 9.62. The maximum absolute atomic E-state index is 10.8. The lowest BCUT2D eigenvalue weighted by Crippen LogP contribution is -2.34. The Kier molecular flexibility index (Phi) is 6.43. The van der Waals surface area contributed by atoms with Gasteiger partial charge < -0.3 is 19.4 Å². The van der Waals surface area contributed by atoms with Gasteiger partial charge in [-0.05, 0) is 6.42 Å². The summed E-state index contributed by atoms with van der Waals surface area (Å²) in [7, 11) is 5.99. The van der Waals surface area contributed by atoms with Crippen molar-refractivity contribution in [1.29, 1.82) is 0 Å². The third-order valence-electron chi connectivity index (χ3n) is 1.71. The molecule has 0 aromatic heterocycles. The van der Waals surface area contributed by atoms with Gasteiger partial charge in [0.1, 0.15) is 0 Å². The second-order valence-electron chi connectivity index (χ2n) is 2.73. The van der Waals surface area contributed by atoms with Crippen molar-refractivity contribution in [2.24, 2.45) is 0 Å². The van der Waals surface area contributed by atoms with Crippen LogP contribution in [0.5, 0.6) is 0 Å². The molecule has 5 heteroatoms. The maximum Gasteiger partial charge on any atom is 0.184 e. The summed E-state index contributed by atoms with van der Waals surface area (Å²) < 4.78 is 9.72. The van der Waals surface area contributed by atoms with Crippen molar-refractivity contribution >= 4 is 16.2 Å². The Morgan fingerprint density at radius 2 is 1.93 bits per heavy atom. The number of carbonyl (C=O) groups excluding carboxylic acids is 1. The number of hydrogen-bond acceptors (Lipinski definition) is 4. The highest BCUT2D eigenvalue weighted by Gasteiger charge is 2.16. The molecule has 0 atom stereocenters. The van der Waals surface area contributed by atoms with E-state index in [0.717, 1.165) is 6.42 Å². The van der Waals surface area contributed by atoms with Crippen molar-refractivity contribution in [2.75, 3.05) is 14.2 Å². The molecule has 3 radical (unpaired) electrons. The monoisotopic (exact) mass is 214 g/mol. The van der Waals surface area contributed by atoms with Crippen molar-refractivity contribution < 1.29 is 19.4 Å². The van der Waals surface area contributed by atoms with Gasteiger partial charge in [-0.15, -0.1) is 0 Å². The average molecular weight is 214 g/mol. The van der Waals surface area contributed by atoms with Crippen molar-refractivity contribution in [2.45, 2.75) is 26.1 Å². The number of rotatable bonds is 6. The minimum Gasteiger partial charge on any atom is -0.545 e. The van der Waals surface area contributed by atoms with E-state index in [1.165, 1.54) is 14.2 Å². The zero-order chi connectivity index (χ0) is 11.1. The molecule has 0 aliphatic heterocycles. The van der Waals surface area contributed by atoms with Crippen LogP contribution in [0.1, 0.15) is 19.8 Å². The normalized spacial score (nSPS) is 12.9. The first kappa shape index (κ1) is 13.3. The van der Waals surface area contributed by atoms with Gasteiger partial charge in [0.05, 0.1) is 16.2 Å². The highest BCUT2D eigenvalue weighted by Crippen LogP contribution is 2.14. The largest absolute Gasteiger partial charge is 0.545 e. The van der Waals surface area contributed by atoms with Gasteiger partial charge in [-0.1, -0.05) is 18.5 Å². The number of aliphatic carboxylic acids is 1. The highest BCUT2D eigenvalue weighted by molar-refractivity contribution is 6.24. The molecule has 79 valence electrons. The molecule has 0 aromatic carbocycles. The summed E-state index contributed by atoms with van der Waals surface area (Å²) in [4.78, 5) is 10.8. The standard InChI is InChI=1S/C9H15O4Si/c1-4-5-6(14)7(8(10)11)9(12-2)13-3/h9H,4-5H2,1-3H3,(H,10,11)/p-1/b7-6+. The molecule has 0 saturated heterocycles. The number of allylic oxidation sites excluding steroid dienone is 1. The Labute approximate surface area is 87.3 Å². The molecule has 0 rings (SSSR count). The van der Waals surface area contributed by atoms with Crippen molar-refractivity contribution in [3.8, 4) is 0 Å². The van der Waals surface area contributed by atoms with E-state index in [2.05, 4.69) is 10.2 Å². The van der Waals surface area contributed by atoms with E-state index < -0.39 is 12.3 Å². The molecule has 4 nitrogen and oxygen atoms in total. The highest BCUT2D eigenvalue weighted by atomic mass is 28.1. The number of carboxylic acid groups (broad SMARTS) is 1. The summed E-state index contributed by atoms with van der Waals surface area (Å²) in [6.45, 7) is 1.95. The molecule has 0 aromatic rings. The summed E-state index contributed by atoms with van der Waals surface area (Å²) in [6.07, 6.45) is 0.554. The molecule has 0 fully saturated rings. The molecule has 0 aliphatic rings. The first-order valence-electron chi connectivity index (χ1n) is 4.30. The van der Waals surface area contributed by atoms with Crippen LogP contribution in [0.15, 0.2) is 10.8 Å². The van der Waals surface area contributed by atoms with Gasteiger partial charge in [-0.2, -0.15) is 0 Å². The van der Waals surface area contributed by atoms with Gasteiger partial charge in [0.25, 0.3) is 0 Å². The molecular formula is C9H14O4Si-. The molecule has 0 N–H and O–H groups in total. The lowest BCUT2D eigenvalue weighted by atomic mass is 10.2. The second kappa shape index (κ2) is 6.75. The summed E-state index contributed by atoms with van der Waals surface area (Å²) >= 11 is 0. The Hall–Kier alpha value is -0.653. The minimum atomic E-state index is -1.28. The zero-order valence-electron chi connectivity index (χ0n) is 8.62. The molecular weight excluding hydrogens is 200 g/mol. The van der Waals surface area contributed by atoms with Crippen molar-refractivity contribution in [1.82, 2.24) is 0 Å². The fraction of sp³-hybridized carbons (Fsp3) is 0.667. The van der Waals surface area contributed by atoms with Crippen LogP contribution in [0.2, 0.25) is 0 Å². The quantitative estimate of drug-likeness (QED) is 0.342.